The summed E-state index contributed by atoms with van der Waals surface area (Å²) in [6, 6.07) is 126. The fourth-order valence-electron chi connectivity index (χ4n) is 14.4. The normalized spacial score (nSPS) is 12.2. The highest BCUT2D eigenvalue weighted by Gasteiger charge is 2.35. The lowest BCUT2D eigenvalue weighted by molar-refractivity contribution is -0.108. The van der Waals surface area contributed by atoms with E-state index in [2.05, 4.69) is 261 Å². The SMILES string of the molecule is C#Cc1ccc2ccc3cccc4ccc1c2c34.O=C1C(c2ccccc2)=C(c2ccccc2)C(c2ccccc2)=C1c1ccccc1.c1ccc(-c2cc(-c3ccc4ccc5cccc6ccc3c4c56)c(-c3ccccc3)c(-c3ccccc3)c2-c2ccccc2)cc1. The van der Waals surface area contributed by atoms with Gasteiger partial charge in [-0.15, -0.1) is 6.42 Å². The van der Waals surface area contributed by atoms with Gasteiger partial charge in [0.05, 0.1) is 0 Å². The van der Waals surface area contributed by atoms with Crippen molar-refractivity contribution in [2.75, 3.05) is 0 Å². The molecular formula is C93H60O. The molecule has 0 unspecified atom stereocenters. The van der Waals surface area contributed by atoms with E-state index in [9.17, 15) is 4.79 Å². The Morgan fingerprint density at radius 2 is 0.511 bits per heavy atom. The van der Waals surface area contributed by atoms with E-state index in [-0.39, 0.29) is 5.78 Å². The molecule has 0 aliphatic heterocycles. The molecule has 0 radical (unpaired) electrons. The Balaban J connectivity index is 0.000000124. The second kappa shape index (κ2) is 24.7. The zero-order chi connectivity index (χ0) is 62.9. The largest absolute Gasteiger partial charge is 0.289 e. The van der Waals surface area contributed by atoms with Crippen LogP contribution in [0.2, 0.25) is 0 Å². The quantitative estimate of drug-likeness (QED) is 0.104. The Morgan fingerprint density at radius 3 is 0.915 bits per heavy atom. The third-order valence-corrected chi connectivity index (χ3v) is 18.6. The van der Waals surface area contributed by atoms with E-state index in [4.69, 9.17) is 6.42 Å². The van der Waals surface area contributed by atoms with Crippen LogP contribution in [0, 0.1) is 12.3 Å². The molecular weight excluding hydrogens is 1130 g/mol. The molecule has 0 fully saturated rings. The fourth-order valence-corrected chi connectivity index (χ4v) is 14.4. The maximum atomic E-state index is 14.0. The Hall–Kier alpha value is -12.5. The van der Waals surface area contributed by atoms with Gasteiger partial charge in [0.15, 0.2) is 5.78 Å². The number of allylic oxidation sites excluding steroid dienone is 4. The minimum absolute atomic E-state index is 0.0742. The van der Waals surface area contributed by atoms with E-state index >= 15 is 0 Å². The molecule has 0 N–H and O–H groups in total. The molecule has 0 bridgehead atoms. The molecule has 438 valence electrons. The summed E-state index contributed by atoms with van der Waals surface area (Å²) >= 11 is 0. The van der Waals surface area contributed by atoms with Crippen molar-refractivity contribution >= 4 is 92.7 Å². The van der Waals surface area contributed by atoms with Crippen molar-refractivity contribution in [1.29, 1.82) is 0 Å². The first-order valence-electron chi connectivity index (χ1n) is 32.1. The molecule has 1 nitrogen and oxygen atoms in total. The summed E-state index contributed by atoms with van der Waals surface area (Å²) in [5, 5.41) is 15.4. The second-order valence-corrected chi connectivity index (χ2v) is 23.9. The van der Waals surface area contributed by atoms with Gasteiger partial charge in [0.1, 0.15) is 0 Å². The molecule has 1 heteroatoms. The number of carbonyl (C=O) groups is 1. The van der Waals surface area contributed by atoms with Crippen LogP contribution in [0.1, 0.15) is 27.8 Å². The van der Waals surface area contributed by atoms with Crippen LogP contribution >= 0.6 is 0 Å². The van der Waals surface area contributed by atoms with Crippen LogP contribution in [0.15, 0.2) is 358 Å². The van der Waals surface area contributed by atoms with Crippen molar-refractivity contribution in [3.8, 4) is 68.0 Å². The van der Waals surface area contributed by atoms with Crippen molar-refractivity contribution in [3.05, 3.63) is 386 Å². The highest BCUT2D eigenvalue weighted by Crippen LogP contribution is 2.53. The van der Waals surface area contributed by atoms with Gasteiger partial charge in [-0.25, -0.2) is 0 Å². The van der Waals surface area contributed by atoms with Crippen molar-refractivity contribution in [3.63, 3.8) is 0 Å². The second-order valence-electron chi connectivity index (χ2n) is 23.9. The molecule has 17 aromatic carbocycles. The summed E-state index contributed by atoms with van der Waals surface area (Å²) in [6.45, 7) is 0. The average molecular weight is 1190 g/mol. The minimum atomic E-state index is 0.0742. The molecule has 1 aliphatic rings. The first-order valence-corrected chi connectivity index (χ1v) is 32.1. The summed E-state index contributed by atoms with van der Waals surface area (Å²) in [5.41, 5.74) is 20.8. The zero-order valence-electron chi connectivity index (χ0n) is 51.5. The molecule has 0 spiro atoms. The van der Waals surface area contributed by atoms with Crippen LogP contribution in [0.4, 0.5) is 0 Å². The Labute approximate surface area is 547 Å². The molecule has 17 aromatic rings. The minimum Gasteiger partial charge on any atom is -0.289 e. The lowest BCUT2D eigenvalue weighted by Crippen LogP contribution is -2.01. The van der Waals surface area contributed by atoms with Gasteiger partial charge in [0.2, 0.25) is 0 Å². The Bertz CT molecular complexity index is 5600. The number of terminal acetylenes is 1. The van der Waals surface area contributed by atoms with Gasteiger partial charge in [-0.05, 0) is 155 Å². The lowest BCUT2D eigenvalue weighted by atomic mass is 9.78. The molecule has 94 heavy (non-hydrogen) atoms. The van der Waals surface area contributed by atoms with E-state index in [1.807, 2.05) is 103 Å². The first-order chi connectivity index (χ1) is 46.6. The summed E-state index contributed by atoms with van der Waals surface area (Å²) in [7, 11) is 0. The monoisotopic (exact) mass is 1190 g/mol. The number of hydrogen-bond donors (Lipinski definition) is 0. The average Bonchev–Trinajstić information content (AvgIpc) is 0.815. The summed E-state index contributed by atoms with van der Waals surface area (Å²) in [5.74, 6) is 2.86. The van der Waals surface area contributed by atoms with Gasteiger partial charge in [-0.2, -0.15) is 0 Å². The van der Waals surface area contributed by atoms with Gasteiger partial charge in [0.25, 0.3) is 0 Å². The summed E-state index contributed by atoms with van der Waals surface area (Å²) < 4.78 is 0. The highest BCUT2D eigenvalue weighted by atomic mass is 16.1. The van der Waals surface area contributed by atoms with E-state index in [0.29, 0.717) is 0 Å². The van der Waals surface area contributed by atoms with Gasteiger partial charge >= 0.3 is 0 Å². The van der Waals surface area contributed by atoms with Gasteiger partial charge < -0.3 is 0 Å². The predicted octanol–water partition coefficient (Wildman–Crippen LogP) is 24.3. The van der Waals surface area contributed by atoms with Gasteiger partial charge in [-0.1, -0.05) is 352 Å². The molecule has 0 aromatic heterocycles. The van der Waals surface area contributed by atoms with Gasteiger partial charge in [-0.3, -0.25) is 4.79 Å². The number of carbonyl (C=O) groups excluding carboxylic acids is 1. The topological polar surface area (TPSA) is 17.1 Å². The number of benzene rings is 17. The Kier molecular flexibility index (Phi) is 14.9. The highest BCUT2D eigenvalue weighted by molar-refractivity contribution is 6.59. The third kappa shape index (κ3) is 10.2. The van der Waals surface area contributed by atoms with E-state index in [0.717, 1.165) is 50.1 Å². The molecule has 0 saturated carbocycles. The standard InChI is InChI=1S/C46H30.C29H20O.C18H10/c1-5-14-31(15-6-1)40-30-41(38-28-26-37-25-24-35-22-13-23-36-27-29-39(38)43(37)42(35)36)45(33-18-9-3-10-19-33)46(34-20-11-4-12-21-34)44(40)32-16-7-2-8-17-32;30-29-27(23-17-9-3-10-18-23)25(21-13-5-1-6-14-21)26(22-15-7-2-8-16-22)28(29)24-19-11-4-12-20-24;1-2-12-6-7-15-9-8-13-4-3-5-14-10-11-16(12)18(15)17(13)14/h1-30H;1-20H;1,3-11H. The van der Waals surface area contributed by atoms with Crippen molar-refractivity contribution < 1.29 is 4.79 Å². The maximum Gasteiger partial charge on any atom is 0.195 e. The molecule has 0 amide bonds. The lowest BCUT2D eigenvalue weighted by Gasteiger charge is -2.25. The van der Waals surface area contributed by atoms with Gasteiger partial charge in [0, 0.05) is 27.9 Å². The maximum absolute atomic E-state index is 14.0. The van der Waals surface area contributed by atoms with E-state index in [1.165, 1.54) is 120 Å². The number of hydrogen-bond acceptors (Lipinski definition) is 1. The number of rotatable bonds is 9. The number of Topliss-reactive ketones (excluding diaryl/α,β-unsaturated/α-hetero) is 1. The summed E-state index contributed by atoms with van der Waals surface area (Å²) in [4.78, 5) is 14.0. The van der Waals surface area contributed by atoms with E-state index < -0.39 is 0 Å². The number of ketones is 1. The van der Waals surface area contributed by atoms with Crippen LogP contribution in [0.3, 0.4) is 0 Å². The smallest absolute Gasteiger partial charge is 0.195 e. The molecule has 18 rings (SSSR count). The first kappa shape index (κ1) is 56.7. The molecule has 1 aliphatic carbocycles. The van der Waals surface area contributed by atoms with E-state index in [1.54, 1.807) is 0 Å². The molecule has 0 saturated heterocycles. The van der Waals surface area contributed by atoms with Crippen LogP contribution in [-0.4, -0.2) is 5.78 Å². The van der Waals surface area contributed by atoms with Crippen LogP contribution < -0.4 is 0 Å². The zero-order valence-corrected chi connectivity index (χ0v) is 51.5. The predicted molar refractivity (Wildman–Crippen MR) is 400 cm³/mol. The van der Waals surface area contributed by atoms with Crippen LogP contribution in [-0.2, 0) is 4.79 Å². The van der Waals surface area contributed by atoms with Crippen molar-refractivity contribution in [2.45, 2.75) is 0 Å². The molecule has 0 atom stereocenters. The third-order valence-electron chi connectivity index (χ3n) is 18.6. The van der Waals surface area contributed by atoms with Crippen LogP contribution in [0.5, 0.6) is 0 Å². The van der Waals surface area contributed by atoms with Crippen molar-refractivity contribution in [1.82, 2.24) is 0 Å². The fraction of sp³-hybridized carbons (Fsp3) is 0. The Morgan fingerprint density at radius 1 is 0.213 bits per heavy atom. The van der Waals surface area contributed by atoms with Crippen LogP contribution in [0.25, 0.3) is 143 Å². The summed E-state index contributed by atoms with van der Waals surface area (Å²) in [6.07, 6.45) is 5.60. The molecule has 0 heterocycles. The van der Waals surface area contributed by atoms with Crippen molar-refractivity contribution in [2.24, 2.45) is 0 Å².